The molecule has 0 radical (unpaired) electrons. The number of aliphatic hydroxyl groups is 1. The van der Waals surface area contributed by atoms with Crippen LogP contribution in [0.4, 0.5) is 0 Å². The number of aromatic carboxylic acids is 1. The molecule has 0 aliphatic rings. The van der Waals surface area contributed by atoms with Crippen LogP contribution < -0.4 is 5.56 Å². The second-order valence-corrected chi connectivity index (χ2v) is 5.83. The summed E-state index contributed by atoms with van der Waals surface area (Å²) in [5.41, 5.74) is 0.357. The van der Waals surface area contributed by atoms with Crippen molar-refractivity contribution in [3.8, 4) is 11.4 Å². The van der Waals surface area contributed by atoms with E-state index in [0.29, 0.717) is 17.1 Å². The molecule has 0 aliphatic carbocycles. The summed E-state index contributed by atoms with van der Waals surface area (Å²) < 4.78 is 1.44. The zero-order valence-corrected chi connectivity index (χ0v) is 12.9. The predicted octanol–water partition coefficient (Wildman–Crippen LogP) is 2.21. The molecule has 0 bridgehead atoms. The Morgan fingerprint density at radius 1 is 1.26 bits per heavy atom. The smallest absolute Gasteiger partial charge is 0.337 e. The van der Waals surface area contributed by atoms with E-state index < -0.39 is 5.97 Å². The number of fused-ring (bicyclic) bond motifs is 1. The third-order valence-corrected chi connectivity index (χ3v) is 4.37. The van der Waals surface area contributed by atoms with Crippen molar-refractivity contribution >= 4 is 27.5 Å². The van der Waals surface area contributed by atoms with Crippen molar-refractivity contribution in [3.63, 3.8) is 0 Å². The Balaban J connectivity index is 2.31. The topological polar surface area (TPSA) is 92.4 Å². The summed E-state index contributed by atoms with van der Waals surface area (Å²) in [6, 6.07) is 9.24. The summed E-state index contributed by atoms with van der Waals surface area (Å²) >= 11 is 1.14. The van der Waals surface area contributed by atoms with Crippen molar-refractivity contribution in [1.82, 2.24) is 9.55 Å². The van der Waals surface area contributed by atoms with Crippen LogP contribution in [-0.4, -0.2) is 32.3 Å². The quantitative estimate of drug-likeness (QED) is 0.748. The van der Waals surface area contributed by atoms with Crippen molar-refractivity contribution < 1.29 is 15.0 Å². The van der Waals surface area contributed by atoms with Crippen LogP contribution in [-0.2, 0) is 6.54 Å². The molecule has 0 atom stereocenters. The number of carboxylic acid groups (broad SMARTS) is 1. The van der Waals surface area contributed by atoms with Crippen LogP contribution in [0.25, 0.3) is 21.6 Å². The fourth-order valence-corrected chi connectivity index (χ4v) is 3.33. The highest BCUT2D eigenvalue weighted by Crippen LogP contribution is 2.25. The zero-order chi connectivity index (χ0) is 16.4. The molecule has 0 aliphatic heterocycles. The molecule has 2 heterocycles. The molecular weight excluding hydrogens is 316 g/mol. The Bertz CT molecular complexity index is 915. The van der Waals surface area contributed by atoms with Gasteiger partial charge in [-0.1, -0.05) is 30.3 Å². The lowest BCUT2D eigenvalue weighted by Gasteiger charge is -2.12. The maximum atomic E-state index is 12.8. The highest BCUT2D eigenvalue weighted by Gasteiger charge is 2.19. The maximum Gasteiger partial charge on any atom is 0.337 e. The Morgan fingerprint density at radius 2 is 2.00 bits per heavy atom. The number of rotatable bonds is 5. The highest BCUT2D eigenvalue weighted by molar-refractivity contribution is 7.17. The van der Waals surface area contributed by atoms with E-state index in [1.807, 2.05) is 30.3 Å². The van der Waals surface area contributed by atoms with Crippen LogP contribution >= 0.6 is 11.3 Å². The van der Waals surface area contributed by atoms with E-state index in [1.165, 1.54) is 9.95 Å². The number of aliphatic hydroxyl groups excluding tert-OH is 1. The Kier molecular flexibility index (Phi) is 4.22. The monoisotopic (exact) mass is 330 g/mol. The van der Waals surface area contributed by atoms with Crippen molar-refractivity contribution in [2.75, 3.05) is 6.61 Å². The number of carboxylic acids is 1. The van der Waals surface area contributed by atoms with Crippen LogP contribution in [0.1, 0.15) is 16.8 Å². The van der Waals surface area contributed by atoms with Crippen LogP contribution in [0.15, 0.2) is 40.5 Å². The van der Waals surface area contributed by atoms with Crippen molar-refractivity contribution in [2.45, 2.75) is 13.0 Å². The van der Waals surface area contributed by atoms with Crippen LogP contribution in [0.5, 0.6) is 0 Å². The SMILES string of the molecule is O=C(O)c1csc2nc(-c3ccccc3)n(CCCO)c(=O)c12. The first kappa shape index (κ1) is 15.4. The number of aromatic nitrogens is 2. The van der Waals surface area contributed by atoms with Gasteiger partial charge < -0.3 is 10.2 Å². The van der Waals surface area contributed by atoms with E-state index in [4.69, 9.17) is 5.11 Å². The average molecular weight is 330 g/mol. The van der Waals surface area contributed by atoms with Gasteiger partial charge in [0.2, 0.25) is 0 Å². The van der Waals surface area contributed by atoms with Gasteiger partial charge in [-0.05, 0) is 6.42 Å². The summed E-state index contributed by atoms with van der Waals surface area (Å²) in [7, 11) is 0. The molecule has 2 aromatic heterocycles. The summed E-state index contributed by atoms with van der Waals surface area (Å²) in [4.78, 5) is 29.0. The van der Waals surface area contributed by atoms with Gasteiger partial charge in [0.1, 0.15) is 10.7 Å². The van der Waals surface area contributed by atoms with Gasteiger partial charge in [0, 0.05) is 24.1 Å². The Morgan fingerprint density at radius 3 is 2.65 bits per heavy atom. The first-order valence-corrected chi connectivity index (χ1v) is 7.93. The second-order valence-electron chi connectivity index (χ2n) is 4.97. The van der Waals surface area contributed by atoms with Crippen molar-refractivity contribution in [3.05, 3.63) is 51.6 Å². The standard InChI is InChI=1S/C16H14N2O4S/c19-8-4-7-18-13(10-5-2-1-3-6-10)17-14-12(15(18)20)11(9-23-14)16(21)22/h1-3,5-6,9,19H,4,7-8H2,(H,21,22). The maximum absolute atomic E-state index is 12.8. The lowest BCUT2D eigenvalue weighted by molar-refractivity contribution is 0.0699. The Hall–Kier alpha value is -2.51. The molecule has 3 rings (SSSR count). The van der Waals surface area contributed by atoms with Gasteiger partial charge in [-0.3, -0.25) is 9.36 Å². The predicted molar refractivity (Wildman–Crippen MR) is 88.0 cm³/mol. The minimum Gasteiger partial charge on any atom is -0.478 e. The minimum absolute atomic E-state index is 0.0279. The molecule has 1 aromatic carbocycles. The van der Waals surface area contributed by atoms with E-state index in [-0.39, 0.29) is 29.7 Å². The number of hydrogen-bond acceptors (Lipinski definition) is 5. The minimum atomic E-state index is -1.14. The van der Waals surface area contributed by atoms with Crippen LogP contribution in [0.3, 0.4) is 0 Å². The molecular formula is C16H14N2O4S. The second kappa shape index (κ2) is 6.31. The van der Waals surface area contributed by atoms with Gasteiger partial charge in [-0.15, -0.1) is 11.3 Å². The molecule has 23 heavy (non-hydrogen) atoms. The summed E-state index contributed by atoms with van der Waals surface area (Å²) in [6.07, 6.45) is 0.388. The van der Waals surface area contributed by atoms with Gasteiger partial charge in [-0.2, -0.15) is 0 Å². The molecule has 0 spiro atoms. The van der Waals surface area contributed by atoms with Crippen LogP contribution in [0, 0.1) is 0 Å². The fourth-order valence-electron chi connectivity index (χ4n) is 2.43. The molecule has 118 valence electrons. The number of carbonyl (C=O) groups is 1. The normalized spacial score (nSPS) is 11.0. The van der Waals surface area contributed by atoms with E-state index in [9.17, 15) is 14.7 Å². The van der Waals surface area contributed by atoms with Crippen LogP contribution in [0.2, 0.25) is 0 Å². The van der Waals surface area contributed by atoms with Gasteiger partial charge in [0.15, 0.2) is 0 Å². The first-order chi connectivity index (χ1) is 11.1. The van der Waals surface area contributed by atoms with E-state index in [1.54, 1.807) is 0 Å². The van der Waals surface area contributed by atoms with E-state index in [2.05, 4.69) is 4.98 Å². The molecule has 3 aromatic rings. The summed E-state index contributed by atoms with van der Waals surface area (Å²) in [6.45, 7) is 0.214. The van der Waals surface area contributed by atoms with E-state index in [0.717, 1.165) is 16.9 Å². The molecule has 0 fully saturated rings. The number of benzene rings is 1. The van der Waals surface area contributed by atoms with Gasteiger partial charge >= 0.3 is 5.97 Å². The summed E-state index contributed by atoms with van der Waals surface area (Å²) in [5, 5.41) is 19.9. The third kappa shape index (κ3) is 2.76. The molecule has 7 heteroatoms. The largest absolute Gasteiger partial charge is 0.478 e. The zero-order valence-electron chi connectivity index (χ0n) is 12.1. The number of hydrogen-bond donors (Lipinski definition) is 2. The molecule has 0 saturated carbocycles. The highest BCUT2D eigenvalue weighted by atomic mass is 32.1. The first-order valence-electron chi connectivity index (χ1n) is 7.05. The molecule has 2 N–H and O–H groups in total. The summed E-state index contributed by atoms with van der Waals surface area (Å²) in [5.74, 6) is -0.661. The van der Waals surface area contributed by atoms with Gasteiger partial charge in [0.05, 0.1) is 10.9 Å². The fraction of sp³-hybridized carbons (Fsp3) is 0.188. The molecule has 0 amide bonds. The number of thiophene rings is 1. The van der Waals surface area contributed by atoms with Crippen molar-refractivity contribution in [1.29, 1.82) is 0 Å². The third-order valence-electron chi connectivity index (χ3n) is 3.50. The molecule has 0 unspecified atom stereocenters. The lowest BCUT2D eigenvalue weighted by atomic mass is 10.2. The lowest BCUT2D eigenvalue weighted by Crippen LogP contribution is -2.24. The van der Waals surface area contributed by atoms with Crippen molar-refractivity contribution in [2.24, 2.45) is 0 Å². The number of nitrogens with zero attached hydrogens (tertiary/aromatic N) is 2. The molecule has 6 nitrogen and oxygen atoms in total. The van der Waals surface area contributed by atoms with Gasteiger partial charge in [-0.25, -0.2) is 9.78 Å². The van der Waals surface area contributed by atoms with Gasteiger partial charge in [0.25, 0.3) is 5.56 Å². The van der Waals surface area contributed by atoms with E-state index >= 15 is 0 Å². The molecule has 0 saturated heterocycles. The average Bonchev–Trinajstić information content (AvgIpc) is 2.99. The Labute approximate surface area is 135 Å².